The van der Waals surface area contributed by atoms with Crippen LogP contribution in [0.2, 0.25) is 5.02 Å². The van der Waals surface area contributed by atoms with Crippen molar-refractivity contribution in [3.63, 3.8) is 0 Å². The van der Waals surface area contributed by atoms with E-state index in [2.05, 4.69) is 4.98 Å². The van der Waals surface area contributed by atoms with E-state index in [0.717, 1.165) is 33.3 Å². The fraction of sp³-hybridized carbons (Fsp3) is 0.118. The molecule has 0 saturated carbocycles. The fourth-order valence-electron chi connectivity index (χ4n) is 2.54. The van der Waals surface area contributed by atoms with Crippen LogP contribution >= 0.6 is 11.6 Å². The van der Waals surface area contributed by atoms with E-state index in [0.29, 0.717) is 5.02 Å². The molecule has 1 aromatic heterocycles. The second-order valence-electron chi connectivity index (χ2n) is 4.88. The number of aromatic nitrogens is 1. The van der Waals surface area contributed by atoms with Crippen LogP contribution in [0, 0.1) is 12.7 Å². The predicted octanol–water partition coefficient (Wildman–Crippen LogP) is 4.50. The first-order valence-corrected chi connectivity index (χ1v) is 6.93. The Balaban J connectivity index is 2.41. The fourth-order valence-corrected chi connectivity index (χ4v) is 2.71. The molecule has 4 heteroatoms. The third-order valence-corrected chi connectivity index (χ3v) is 3.78. The summed E-state index contributed by atoms with van der Waals surface area (Å²) in [5.74, 6) is -0.294. The lowest BCUT2D eigenvalue weighted by Crippen LogP contribution is -1.99. The van der Waals surface area contributed by atoms with E-state index in [1.807, 2.05) is 19.1 Å². The van der Waals surface area contributed by atoms with Gasteiger partial charge in [0, 0.05) is 21.7 Å². The van der Waals surface area contributed by atoms with Gasteiger partial charge in [0.15, 0.2) is 0 Å². The van der Waals surface area contributed by atoms with E-state index in [1.165, 1.54) is 12.1 Å². The molecule has 21 heavy (non-hydrogen) atoms. The van der Waals surface area contributed by atoms with Crippen LogP contribution in [0.1, 0.15) is 11.3 Å². The Labute approximate surface area is 126 Å². The minimum absolute atomic E-state index is 0.131. The van der Waals surface area contributed by atoms with Gasteiger partial charge in [-0.1, -0.05) is 23.7 Å². The summed E-state index contributed by atoms with van der Waals surface area (Å²) in [7, 11) is 0. The van der Waals surface area contributed by atoms with Gasteiger partial charge < -0.3 is 5.11 Å². The van der Waals surface area contributed by atoms with Gasteiger partial charge in [-0.05, 0) is 48.4 Å². The van der Waals surface area contributed by atoms with Crippen molar-refractivity contribution in [1.82, 2.24) is 4.98 Å². The maximum Gasteiger partial charge on any atom is 0.123 e. The number of fused-ring (bicyclic) bond motifs is 1. The van der Waals surface area contributed by atoms with Gasteiger partial charge in [-0.2, -0.15) is 0 Å². The van der Waals surface area contributed by atoms with Crippen LogP contribution in [0.3, 0.4) is 0 Å². The van der Waals surface area contributed by atoms with E-state index in [4.69, 9.17) is 11.6 Å². The molecule has 0 aliphatic rings. The number of aryl methyl sites for hydroxylation is 1. The number of hydrogen-bond donors (Lipinski definition) is 1. The molecule has 0 amide bonds. The van der Waals surface area contributed by atoms with Gasteiger partial charge in [0.1, 0.15) is 5.82 Å². The molecule has 2 nitrogen and oxygen atoms in total. The summed E-state index contributed by atoms with van der Waals surface area (Å²) in [5.41, 5.74) is 3.97. The molecular weight excluding hydrogens is 289 g/mol. The highest BCUT2D eigenvalue weighted by atomic mass is 35.5. The summed E-state index contributed by atoms with van der Waals surface area (Å²) in [6, 6.07) is 11.7. The lowest BCUT2D eigenvalue weighted by molar-refractivity contribution is 0.281. The second kappa shape index (κ2) is 5.43. The minimum atomic E-state index is -0.294. The van der Waals surface area contributed by atoms with E-state index in [1.54, 1.807) is 18.2 Å². The molecule has 0 radical (unpaired) electrons. The first-order valence-electron chi connectivity index (χ1n) is 6.55. The summed E-state index contributed by atoms with van der Waals surface area (Å²) in [5, 5.41) is 11.1. The number of nitrogens with zero attached hydrogens (tertiary/aromatic N) is 1. The summed E-state index contributed by atoms with van der Waals surface area (Å²) in [4.78, 5) is 4.50. The van der Waals surface area contributed by atoms with Crippen molar-refractivity contribution in [2.24, 2.45) is 0 Å². The van der Waals surface area contributed by atoms with Crippen LogP contribution in [-0.4, -0.2) is 10.1 Å². The molecule has 0 aliphatic heterocycles. The Hall–Kier alpha value is -1.97. The van der Waals surface area contributed by atoms with Crippen LogP contribution in [0.5, 0.6) is 0 Å². The first-order chi connectivity index (χ1) is 10.1. The van der Waals surface area contributed by atoms with Gasteiger partial charge in [-0.3, -0.25) is 4.98 Å². The molecular formula is C17H13ClFNO. The molecule has 0 aliphatic carbocycles. The van der Waals surface area contributed by atoms with Crippen molar-refractivity contribution in [3.05, 3.63) is 64.6 Å². The highest BCUT2D eigenvalue weighted by Crippen LogP contribution is 2.34. The third-order valence-electron chi connectivity index (χ3n) is 3.55. The second-order valence-corrected chi connectivity index (χ2v) is 5.31. The standard InChI is InChI=1S/C17H13ClFNO/c1-10-15(9-21)17(11-2-5-13(19)6-3-11)14-8-12(18)4-7-16(14)20-10/h2-8,21H,9H2,1H3. The normalized spacial score (nSPS) is 11.0. The number of benzene rings is 2. The number of halogens is 2. The molecule has 3 aromatic rings. The minimum Gasteiger partial charge on any atom is -0.392 e. The van der Waals surface area contributed by atoms with Crippen molar-refractivity contribution in [2.75, 3.05) is 0 Å². The smallest absolute Gasteiger partial charge is 0.123 e. The van der Waals surface area contributed by atoms with Gasteiger partial charge >= 0.3 is 0 Å². The highest BCUT2D eigenvalue weighted by Gasteiger charge is 2.14. The molecule has 1 heterocycles. The largest absolute Gasteiger partial charge is 0.392 e. The number of hydrogen-bond acceptors (Lipinski definition) is 2. The Morgan fingerprint density at radius 1 is 1.14 bits per heavy atom. The number of pyridine rings is 1. The van der Waals surface area contributed by atoms with Crippen molar-refractivity contribution in [2.45, 2.75) is 13.5 Å². The number of aliphatic hydroxyl groups is 1. The molecule has 0 saturated heterocycles. The van der Waals surface area contributed by atoms with Crippen molar-refractivity contribution < 1.29 is 9.50 Å². The van der Waals surface area contributed by atoms with Crippen molar-refractivity contribution in [1.29, 1.82) is 0 Å². The van der Waals surface area contributed by atoms with Crippen LogP contribution in [0.4, 0.5) is 4.39 Å². The Kier molecular flexibility index (Phi) is 3.62. The quantitative estimate of drug-likeness (QED) is 0.756. The predicted molar refractivity (Wildman–Crippen MR) is 82.8 cm³/mol. The van der Waals surface area contributed by atoms with Gasteiger partial charge in [-0.15, -0.1) is 0 Å². The van der Waals surface area contributed by atoms with Crippen molar-refractivity contribution in [3.8, 4) is 11.1 Å². The highest BCUT2D eigenvalue weighted by molar-refractivity contribution is 6.31. The molecule has 0 fully saturated rings. The molecule has 0 bridgehead atoms. The lowest BCUT2D eigenvalue weighted by atomic mass is 9.94. The van der Waals surface area contributed by atoms with Gasteiger partial charge in [0.05, 0.1) is 12.1 Å². The maximum atomic E-state index is 13.2. The summed E-state index contributed by atoms with van der Waals surface area (Å²) in [6.07, 6.45) is 0. The van der Waals surface area contributed by atoms with Crippen LogP contribution in [-0.2, 0) is 6.61 Å². The molecule has 106 valence electrons. The molecule has 2 aromatic carbocycles. The van der Waals surface area contributed by atoms with Crippen LogP contribution < -0.4 is 0 Å². The zero-order valence-electron chi connectivity index (χ0n) is 11.4. The maximum absolute atomic E-state index is 13.2. The topological polar surface area (TPSA) is 33.1 Å². The molecule has 3 rings (SSSR count). The Morgan fingerprint density at radius 2 is 1.86 bits per heavy atom. The lowest BCUT2D eigenvalue weighted by Gasteiger charge is -2.14. The number of rotatable bonds is 2. The molecule has 0 atom stereocenters. The SMILES string of the molecule is Cc1nc2ccc(Cl)cc2c(-c2ccc(F)cc2)c1CO. The van der Waals surface area contributed by atoms with E-state index in [9.17, 15) is 9.50 Å². The Bertz CT molecular complexity index is 815. The zero-order valence-corrected chi connectivity index (χ0v) is 12.2. The van der Waals surface area contributed by atoms with Gasteiger partial charge in [0.25, 0.3) is 0 Å². The zero-order chi connectivity index (χ0) is 15.0. The van der Waals surface area contributed by atoms with Gasteiger partial charge in [-0.25, -0.2) is 4.39 Å². The summed E-state index contributed by atoms with van der Waals surface area (Å²) in [6.45, 7) is 1.72. The molecule has 1 N–H and O–H groups in total. The van der Waals surface area contributed by atoms with Crippen molar-refractivity contribution >= 4 is 22.5 Å². The van der Waals surface area contributed by atoms with E-state index < -0.39 is 0 Å². The van der Waals surface area contributed by atoms with Crippen LogP contribution in [0.15, 0.2) is 42.5 Å². The average molecular weight is 302 g/mol. The van der Waals surface area contributed by atoms with Gasteiger partial charge in [0.2, 0.25) is 0 Å². The first kappa shape index (κ1) is 14.0. The third kappa shape index (κ3) is 2.50. The summed E-state index contributed by atoms with van der Waals surface area (Å²) < 4.78 is 13.2. The Morgan fingerprint density at radius 3 is 2.52 bits per heavy atom. The van der Waals surface area contributed by atoms with Crippen LogP contribution in [0.25, 0.3) is 22.0 Å². The monoisotopic (exact) mass is 301 g/mol. The average Bonchev–Trinajstić information content (AvgIpc) is 2.47. The molecule has 0 unspecified atom stereocenters. The van der Waals surface area contributed by atoms with E-state index in [-0.39, 0.29) is 12.4 Å². The number of aliphatic hydroxyl groups excluding tert-OH is 1. The summed E-state index contributed by atoms with van der Waals surface area (Å²) >= 11 is 6.09. The molecule has 0 spiro atoms. The van der Waals surface area contributed by atoms with E-state index >= 15 is 0 Å².